The minimum absolute atomic E-state index is 0.0400. The van der Waals surface area contributed by atoms with Crippen molar-refractivity contribution in [2.75, 3.05) is 14.2 Å². The number of benzene rings is 2. The van der Waals surface area contributed by atoms with E-state index in [1.165, 1.54) is 32.4 Å². The van der Waals surface area contributed by atoms with E-state index in [4.69, 9.17) is 18.6 Å². The van der Waals surface area contributed by atoms with Crippen LogP contribution in [0.2, 0.25) is 0 Å². The Balaban J connectivity index is 2.34. The fourth-order valence-corrected chi connectivity index (χ4v) is 2.94. The normalized spacial score (nSPS) is 10.8. The lowest BCUT2D eigenvalue weighted by Gasteiger charge is -2.14. The summed E-state index contributed by atoms with van der Waals surface area (Å²) in [4.78, 5) is 24.9. The van der Waals surface area contributed by atoms with Gasteiger partial charge in [-0.05, 0) is 24.6 Å². The highest BCUT2D eigenvalue weighted by Gasteiger charge is 2.25. The van der Waals surface area contributed by atoms with Crippen LogP contribution in [-0.4, -0.2) is 35.5 Å². The Bertz CT molecular complexity index is 1180. The lowest BCUT2D eigenvalue weighted by Crippen LogP contribution is -2.10. The number of carbonyl (C=O) groups is 1. The molecule has 3 aromatic rings. The molecule has 158 valence electrons. The maximum Gasteiger partial charge on any atom is 0.311 e. The van der Waals surface area contributed by atoms with Crippen LogP contribution in [0.25, 0.3) is 22.3 Å². The topological polar surface area (TPSA) is 136 Å². The van der Waals surface area contributed by atoms with Crippen LogP contribution in [0.5, 0.6) is 34.5 Å². The Morgan fingerprint density at radius 1 is 1.03 bits per heavy atom. The summed E-state index contributed by atoms with van der Waals surface area (Å²) in [6.45, 7) is 1.79. The van der Waals surface area contributed by atoms with Gasteiger partial charge in [0.25, 0.3) is 0 Å². The summed E-state index contributed by atoms with van der Waals surface area (Å²) in [5, 5.41) is 30.3. The molecule has 0 bridgehead atoms. The molecule has 0 atom stereocenters. The largest absolute Gasteiger partial charge is 0.507 e. The highest BCUT2D eigenvalue weighted by molar-refractivity contribution is 5.95. The molecule has 30 heavy (non-hydrogen) atoms. The Morgan fingerprint density at radius 3 is 2.33 bits per heavy atom. The van der Waals surface area contributed by atoms with Gasteiger partial charge < -0.3 is 33.9 Å². The molecule has 3 N–H and O–H groups in total. The first-order chi connectivity index (χ1) is 14.3. The van der Waals surface area contributed by atoms with Crippen molar-refractivity contribution in [1.29, 1.82) is 0 Å². The Labute approximate surface area is 170 Å². The number of carbonyl (C=O) groups excluding carboxylic acids is 1. The molecule has 0 amide bonds. The van der Waals surface area contributed by atoms with Crippen LogP contribution in [0.4, 0.5) is 0 Å². The van der Waals surface area contributed by atoms with Crippen molar-refractivity contribution < 1.29 is 38.7 Å². The van der Waals surface area contributed by atoms with E-state index in [9.17, 15) is 24.9 Å². The number of phenolic OH excluding ortho intramolecular Hbond substituents is 2. The molecule has 0 spiro atoms. The summed E-state index contributed by atoms with van der Waals surface area (Å²) >= 11 is 0. The monoisotopic (exact) mass is 416 g/mol. The quantitative estimate of drug-likeness (QED) is 0.408. The summed E-state index contributed by atoms with van der Waals surface area (Å²) in [5.74, 6) is -2.53. The van der Waals surface area contributed by atoms with Crippen molar-refractivity contribution in [3.8, 4) is 45.8 Å². The average Bonchev–Trinajstić information content (AvgIpc) is 2.72. The Kier molecular flexibility index (Phi) is 5.72. The third-order valence-corrected chi connectivity index (χ3v) is 4.37. The number of rotatable bonds is 6. The van der Waals surface area contributed by atoms with Gasteiger partial charge in [0.05, 0.1) is 14.2 Å². The lowest BCUT2D eigenvalue weighted by molar-refractivity contribution is -0.134. The van der Waals surface area contributed by atoms with Gasteiger partial charge in [-0.1, -0.05) is 6.92 Å². The molecule has 0 fully saturated rings. The van der Waals surface area contributed by atoms with Gasteiger partial charge >= 0.3 is 5.97 Å². The summed E-state index contributed by atoms with van der Waals surface area (Å²) in [5.41, 5.74) is -1.09. The van der Waals surface area contributed by atoms with Gasteiger partial charge in [0.1, 0.15) is 11.1 Å². The van der Waals surface area contributed by atoms with Crippen molar-refractivity contribution in [3.63, 3.8) is 0 Å². The second-order valence-electron chi connectivity index (χ2n) is 6.35. The smallest absolute Gasteiger partial charge is 0.311 e. The average molecular weight is 416 g/mol. The molecular formula is C21H20O9. The van der Waals surface area contributed by atoms with Crippen molar-refractivity contribution in [3.05, 3.63) is 34.5 Å². The van der Waals surface area contributed by atoms with Gasteiger partial charge in [-0.2, -0.15) is 0 Å². The van der Waals surface area contributed by atoms with E-state index in [1.54, 1.807) is 6.92 Å². The number of fused-ring (bicyclic) bond motifs is 1. The third kappa shape index (κ3) is 3.57. The molecule has 9 nitrogen and oxygen atoms in total. The maximum absolute atomic E-state index is 12.8. The van der Waals surface area contributed by atoms with Crippen molar-refractivity contribution in [1.82, 2.24) is 0 Å². The van der Waals surface area contributed by atoms with Crippen molar-refractivity contribution >= 4 is 16.9 Å². The number of hydrogen-bond acceptors (Lipinski definition) is 9. The predicted molar refractivity (Wildman–Crippen MR) is 107 cm³/mol. The van der Waals surface area contributed by atoms with Crippen molar-refractivity contribution in [2.45, 2.75) is 19.8 Å². The number of hydrogen-bond donors (Lipinski definition) is 3. The van der Waals surface area contributed by atoms with Gasteiger partial charge in [0.2, 0.25) is 16.9 Å². The fourth-order valence-electron chi connectivity index (χ4n) is 2.94. The Hall–Kier alpha value is -3.88. The maximum atomic E-state index is 12.8. The summed E-state index contributed by atoms with van der Waals surface area (Å²) in [6, 6.07) is 5.18. The van der Waals surface area contributed by atoms with Crippen LogP contribution in [0.1, 0.15) is 19.8 Å². The highest BCUT2D eigenvalue weighted by Crippen LogP contribution is 2.44. The second-order valence-corrected chi connectivity index (χ2v) is 6.35. The molecule has 0 aliphatic heterocycles. The molecule has 3 rings (SSSR count). The van der Waals surface area contributed by atoms with Gasteiger partial charge in [0.15, 0.2) is 28.6 Å². The predicted octanol–water partition coefficient (Wildman–Crippen LogP) is 3.30. The fraction of sp³-hybridized carbons (Fsp3) is 0.238. The van der Waals surface area contributed by atoms with Crippen LogP contribution in [-0.2, 0) is 4.79 Å². The molecular weight excluding hydrogens is 396 g/mol. The van der Waals surface area contributed by atoms with Gasteiger partial charge in [-0.3, -0.25) is 9.59 Å². The van der Waals surface area contributed by atoms with E-state index in [0.717, 1.165) is 6.07 Å². The SMILES string of the molecule is CCCC(=O)Oc1c(OC)cc(O)c2c(=O)c(O)c(-c3ccc(OC)c(O)c3)oc12. The van der Waals surface area contributed by atoms with Crippen LogP contribution >= 0.6 is 0 Å². The molecule has 0 radical (unpaired) electrons. The molecule has 0 saturated heterocycles. The van der Waals surface area contributed by atoms with Gasteiger partial charge in [0, 0.05) is 18.1 Å². The second kappa shape index (κ2) is 8.24. The zero-order valence-electron chi connectivity index (χ0n) is 16.5. The molecule has 0 aliphatic carbocycles. The molecule has 0 aliphatic rings. The Morgan fingerprint density at radius 2 is 1.73 bits per heavy atom. The number of phenols is 2. The molecule has 1 aromatic heterocycles. The van der Waals surface area contributed by atoms with Gasteiger partial charge in [-0.25, -0.2) is 0 Å². The lowest BCUT2D eigenvalue weighted by atomic mass is 10.1. The first-order valence-corrected chi connectivity index (χ1v) is 9.00. The van der Waals surface area contributed by atoms with E-state index < -0.39 is 22.9 Å². The molecule has 0 saturated carbocycles. The minimum atomic E-state index is -0.950. The summed E-state index contributed by atoms with van der Waals surface area (Å²) < 4.78 is 21.2. The molecule has 2 aromatic carbocycles. The molecule has 0 unspecified atom stereocenters. The standard InChI is InChI=1S/C21H20O9/c1-4-5-15(24)29-20-14(28-3)9-12(23)16-17(25)18(26)19(30-21(16)20)10-6-7-13(27-2)11(22)8-10/h6-9,22-23,26H,4-5H2,1-3H3. The summed E-state index contributed by atoms with van der Waals surface area (Å²) in [6.07, 6.45) is 0.630. The van der Waals surface area contributed by atoms with E-state index in [1.807, 2.05) is 0 Å². The third-order valence-electron chi connectivity index (χ3n) is 4.37. The van der Waals surface area contributed by atoms with Gasteiger partial charge in [-0.15, -0.1) is 0 Å². The van der Waals surface area contributed by atoms with E-state index in [-0.39, 0.29) is 51.7 Å². The number of ether oxygens (including phenoxy) is 3. The van der Waals surface area contributed by atoms with E-state index >= 15 is 0 Å². The zero-order chi connectivity index (χ0) is 22.0. The first-order valence-electron chi connectivity index (χ1n) is 9.00. The van der Waals surface area contributed by atoms with Crippen LogP contribution in [0, 0.1) is 0 Å². The number of esters is 1. The van der Waals surface area contributed by atoms with E-state index in [0.29, 0.717) is 6.42 Å². The molecule has 1 heterocycles. The van der Waals surface area contributed by atoms with Crippen molar-refractivity contribution in [2.24, 2.45) is 0 Å². The van der Waals surface area contributed by atoms with Crippen LogP contribution in [0.3, 0.4) is 0 Å². The summed E-state index contributed by atoms with van der Waals surface area (Å²) in [7, 11) is 2.66. The first kappa shape index (κ1) is 20.8. The van der Waals surface area contributed by atoms with Crippen LogP contribution in [0.15, 0.2) is 33.5 Å². The van der Waals surface area contributed by atoms with Crippen LogP contribution < -0.4 is 19.6 Å². The number of aromatic hydroxyl groups is 3. The highest BCUT2D eigenvalue weighted by atomic mass is 16.6. The van der Waals surface area contributed by atoms with E-state index in [2.05, 4.69) is 0 Å². The molecule has 9 heteroatoms. The minimum Gasteiger partial charge on any atom is -0.507 e. The zero-order valence-corrected chi connectivity index (χ0v) is 16.5. The number of methoxy groups -OCH3 is 2.